The van der Waals surface area contributed by atoms with Crippen molar-refractivity contribution in [3.63, 3.8) is 0 Å². The fourth-order valence-corrected chi connectivity index (χ4v) is 6.96. The number of benzene rings is 4. The minimum Gasteiger partial charge on any atom is -0.460 e. The topological polar surface area (TPSA) is 135 Å². The Morgan fingerprint density at radius 3 is 1.78 bits per heavy atom. The second-order valence-corrected chi connectivity index (χ2v) is 13.1. The van der Waals surface area contributed by atoms with E-state index in [1.54, 1.807) is 43.3 Å². The number of halogens is 3. The monoisotopic (exact) mass is 694 g/mol. The SMILES string of the molecule is Cc1ccc(S(=O)(=O)n2cc([C@@](C[N+](=O)[O-])(C(C(=O)OCc3ccccc3)C(=O)OCc3ccccc3)C(F)(F)F)c3ccccc32)cc1. The molecule has 254 valence electrons. The summed E-state index contributed by atoms with van der Waals surface area (Å²) < 4.78 is 86.4. The lowest BCUT2D eigenvalue weighted by atomic mass is 9.69. The quantitative estimate of drug-likeness (QED) is 0.0637. The second-order valence-electron chi connectivity index (χ2n) is 11.3. The summed E-state index contributed by atoms with van der Waals surface area (Å²) >= 11 is 0. The number of rotatable bonds is 12. The van der Waals surface area contributed by atoms with Gasteiger partial charge in [-0.1, -0.05) is 96.6 Å². The lowest BCUT2D eigenvalue weighted by Gasteiger charge is -2.36. The Kier molecular flexibility index (Phi) is 9.90. The van der Waals surface area contributed by atoms with Gasteiger partial charge in [0.2, 0.25) is 6.54 Å². The van der Waals surface area contributed by atoms with E-state index in [0.29, 0.717) is 26.9 Å². The van der Waals surface area contributed by atoms with E-state index in [1.807, 2.05) is 0 Å². The number of aromatic nitrogens is 1. The summed E-state index contributed by atoms with van der Waals surface area (Å²) in [7, 11) is -4.61. The van der Waals surface area contributed by atoms with Gasteiger partial charge in [-0.2, -0.15) is 13.2 Å². The van der Waals surface area contributed by atoms with Crippen molar-refractivity contribution in [1.29, 1.82) is 0 Å². The maximum absolute atomic E-state index is 15.8. The van der Waals surface area contributed by atoms with Crippen LogP contribution in [-0.4, -0.2) is 42.0 Å². The first kappa shape index (κ1) is 34.8. The highest BCUT2D eigenvalue weighted by molar-refractivity contribution is 7.90. The number of carbonyl (C=O) groups is 2. The van der Waals surface area contributed by atoms with Crippen molar-refractivity contribution in [2.75, 3.05) is 6.54 Å². The predicted octanol–water partition coefficient (Wildman–Crippen LogP) is 6.37. The summed E-state index contributed by atoms with van der Waals surface area (Å²) in [5.41, 5.74) is -3.80. The highest BCUT2D eigenvalue weighted by Crippen LogP contribution is 2.51. The van der Waals surface area contributed by atoms with Crippen molar-refractivity contribution < 1.29 is 45.6 Å². The van der Waals surface area contributed by atoms with Crippen LogP contribution < -0.4 is 0 Å². The molecule has 0 N–H and O–H groups in total. The van der Waals surface area contributed by atoms with Crippen molar-refractivity contribution in [3.05, 3.63) is 148 Å². The molecule has 0 bridgehead atoms. The normalized spacial score (nSPS) is 13.2. The van der Waals surface area contributed by atoms with Crippen LogP contribution in [0.4, 0.5) is 13.2 Å². The van der Waals surface area contributed by atoms with E-state index in [1.165, 1.54) is 66.7 Å². The number of nitrogens with zero attached hydrogens (tertiary/aromatic N) is 2. The molecular weight excluding hydrogens is 665 g/mol. The fraction of sp³-hybridized carbons (Fsp3) is 0.200. The van der Waals surface area contributed by atoms with Gasteiger partial charge in [-0.3, -0.25) is 19.7 Å². The molecule has 0 saturated heterocycles. The third kappa shape index (κ3) is 7.04. The largest absolute Gasteiger partial charge is 0.460 e. The zero-order valence-corrected chi connectivity index (χ0v) is 26.7. The molecule has 5 aromatic rings. The molecule has 0 amide bonds. The number of hydrogen-bond acceptors (Lipinski definition) is 8. The summed E-state index contributed by atoms with van der Waals surface area (Å²) in [4.78, 5) is 38.3. The zero-order chi connectivity index (χ0) is 35.4. The first-order valence-electron chi connectivity index (χ1n) is 14.8. The molecule has 4 aromatic carbocycles. The van der Waals surface area contributed by atoms with Crippen LogP contribution >= 0.6 is 0 Å². The lowest BCUT2D eigenvalue weighted by Crippen LogP contribution is -2.58. The Hall–Kier alpha value is -5.50. The standard InChI is InChI=1S/C35H29F3N2O8S/c1-24-16-18-27(19-17-24)49(45,46)39-20-29(28-14-8-9-15-30(28)39)34(23-40(43)44,35(36,37)38)31(32(41)47-21-25-10-4-2-5-11-25)33(42)48-22-26-12-6-3-7-13-26/h2-20,31H,21-23H2,1H3/t34-/m0/s1. The van der Waals surface area contributed by atoms with E-state index in [4.69, 9.17) is 9.47 Å². The minimum atomic E-state index is -5.72. The maximum atomic E-state index is 15.8. The van der Waals surface area contributed by atoms with Gasteiger partial charge in [0.15, 0.2) is 11.3 Å². The number of aryl methyl sites for hydroxylation is 1. The summed E-state index contributed by atoms with van der Waals surface area (Å²) in [6.07, 6.45) is -5.14. The summed E-state index contributed by atoms with van der Waals surface area (Å²) in [5.74, 6) is -6.50. The molecule has 0 fully saturated rings. The number of fused-ring (bicyclic) bond motifs is 1. The molecule has 5 rings (SSSR count). The van der Waals surface area contributed by atoms with Gasteiger partial charge >= 0.3 is 18.1 Å². The van der Waals surface area contributed by atoms with Gasteiger partial charge < -0.3 is 9.47 Å². The van der Waals surface area contributed by atoms with Crippen LogP contribution in [-0.2, 0) is 47.7 Å². The minimum absolute atomic E-state index is 0.274. The van der Waals surface area contributed by atoms with Crippen LogP contribution in [0.25, 0.3) is 10.9 Å². The number of hydrogen-bond donors (Lipinski definition) is 0. The third-order valence-corrected chi connectivity index (χ3v) is 9.72. The van der Waals surface area contributed by atoms with Crippen molar-refractivity contribution in [3.8, 4) is 0 Å². The molecule has 0 radical (unpaired) electrons. The molecule has 1 aromatic heterocycles. The Balaban J connectivity index is 1.75. The molecule has 0 unspecified atom stereocenters. The molecule has 0 aliphatic rings. The van der Waals surface area contributed by atoms with Crippen LogP contribution in [0.2, 0.25) is 0 Å². The molecule has 14 heteroatoms. The maximum Gasteiger partial charge on any atom is 0.406 e. The first-order valence-corrected chi connectivity index (χ1v) is 16.2. The van der Waals surface area contributed by atoms with Gasteiger partial charge in [0.1, 0.15) is 13.2 Å². The highest BCUT2D eigenvalue weighted by Gasteiger charge is 2.70. The fourth-order valence-electron chi connectivity index (χ4n) is 5.59. The third-order valence-electron chi connectivity index (χ3n) is 8.03. The Morgan fingerprint density at radius 2 is 1.29 bits per heavy atom. The van der Waals surface area contributed by atoms with E-state index in [9.17, 15) is 28.1 Å². The average Bonchev–Trinajstić information content (AvgIpc) is 3.47. The van der Waals surface area contributed by atoms with E-state index >= 15 is 13.2 Å². The molecule has 1 heterocycles. The van der Waals surface area contributed by atoms with Crippen LogP contribution in [0.3, 0.4) is 0 Å². The van der Waals surface area contributed by atoms with E-state index in [2.05, 4.69) is 0 Å². The molecule has 0 aliphatic carbocycles. The highest BCUT2D eigenvalue weighted by atomic mass is 32.2. The molecule has 49 heavy (non-hydrogen) atoms. The number of ether oxygens (including phenoxy) is 2. The van der Waals surface area contributed by atoms with E-state index < -0.39 is 75.1 Å². The smallest absolute Gasteiger partial charge is 0.406 e. The van der Waals surface area contributed by atoms with Gasteiger partial charge in [-0.05, 0) is 36.2 Å². The number of carbonyl (C=O) groups excluding carboxylic acids is 2. The Labute approximate surface area is 278 Å². The van der Waals surface area contributed by atoms with Crippen molar-refractivity contribution in [2.24, 2.45) is 5.92 Å². The molecule has 1 atom stereocenters. The molecule has 0 saturated carbocycles. The van der Waals surface area contributed by atoms with Crippen LogP contribution in [0.1, 0.15) is 22.3 Å². The van der Waals surface area contributed by atoms with Crippen molar-refractivity contribution >= 4 is 32.9 Å². The number of nitro groups is 1. The van der Waals surface area contributed by atoms with Crippen LogP contribution in [0, 0.1) is 23.0 Å². The predicted molar refractivity (Wildman–Crippen MR) is 171 cm³/mol. The number of para-hydroxylation sites is 1. The van der Waals surface area contributed by atoms with Crippen molar-refractivity contribution in [2.45, 2.75) is 36.6 Å². The van der Waals surface area contributed by atoms with E-state index in [0.717, 1.165) is 6.07 Å². The first-order chi connectivity index (χ1) is 23.3. The number of esters is 2. The average molecular weight is 695 g/mol. The Bertz CT molecular complexity index is 2030. The molecule has 0 spiro atoms. The van der Waals surface area contributed by atoms with Gasteiger partial charge in [-0.25, -0.2) is 12.4 Å². The van der Waals surface area contributed by atoms with Crippen LogP contribution in [0.5, 0.6) is 0 Å². The van der Waals surface area contributed by atoms with Gasteiger partial charge in [-0.15, -0.1) is 0 Å². The molecular formula is C35H29F3N2O8S. The Morgan fingerprint density at radius 1 is 0.796 bits per heavy atom. The van der Waals surface area contributed by atoms with Gasteiger partial charge in [0.05, 0.1) is 10.4 Å². The second kappa shape index (κ2) is 13.9. The van der Waals surface area contributed by atoms with E-state index in [-0.39, 0.29) is 10.4 Å². The summed E-state index contributed by atoms with van der Waals surface area (Å²) in [6, 6.07) is 26.3. The number of alkyl halides is 3. The molecule has 10 nitrogen and oxygen atoms in total. The van der Waals surface area contributed by atoms with Crippen LogP contribution in [0.15, 0.2) is 120 Å². The van der Waals surface area contributed by atoms with Gasteiger partial charge in [0, 0.05) is 22.1 Å². The summed E-state index contributed by atoms with van der Waals surface area (Å²) in [5, 5.41) is 11.8. The zero-order valence-electron chi connectivity index (χ0n) is 25.9. The summed E-state index contributed by atoms with van der Waals surface area (Å²) in [6.45, 7) is -1.47. The lowest BCUT2D eigenvalue weighted by molar-refractivity contribution is -0.503. The van der Waals surface area contributed by atoms with Gasteiger partial charge in [0.25, 0.3) is 10.0 Å². The molecule has 0 aliphatic heterocycles. The van der Waals surface area contributed by atoms with Crippen molar-refractivity contribution in [1.82, 2.24) is 3.97 Å².